The van der Waals surface area contributed by atoms with Gasteiger partial charge in [0.2, 0.25) is 0 Å². The van der Waals surface area contributed by atoms with Crippen molar-refractivity contribution in [2.75, 3.05) is 37.9 Å². The molecule has 0 saturated carbocycles. The third kappa shape index (κ3) is 7.41. The molecule has 2 rings (SSSR count). The van der Waals surface area contributed by atoms with E-state index in [1.165, 1.54) is 0 Å². The van der Waals surface area contributed by atoms with Gasteiger partial charge in [-0.05, 0) is 44.4 Å². The lowest BCUT2D eigenvalue weighted by atomic mass is 10.2. The van der Waals surface area contributed by atoms with Crippen LogP contribution in [-0.2, 0) is 19.4 Å². The number of hydrogen-bond donors (Lipinski definition) is 0. The Morgan fingerprint density at radius 3 is 2.48 bits per heavy atom. The number of sulfone groups is 1. The molecule has 1 aliphatic heterocycles. The fraction of sp³-hybridized carbons (Fsp3) is 0.636. The van der Waals surface area contributed by atoms with Gasteiger partial charge in [-0.1, -0.05) is 20.3 Å². The molecule has 1 saturated heterocycles. The van der Waals surface area contributed by atoms with Crippen LogP contribution in [0.4, 0.5) is 0 Å². The van der Waals surface area contributed by atoms with Crippen molar-refractivity contribution >= 4 is 21.7 Å². The second-order valence-corrected chi connectivity index (χ2v) is 9.75. The average molecular weight is 456 g/mol. The summed E-state index contributed by atoms with van der Waals surface area (Å²) >= 11 is 0. The molecule has 0 spiro atoms. The van der Waals surface area contributed by atoms with Gasteiger partial charge in [0.05, 0.1) is 30.3 Å². The van der Waals surface area contributed by atoms with E-state index < -0.39 is 22.4 Å². The summed E-state index contributed by atoms with van der Waals surface area (Å²) in [5, 5.41) is 0. The summed E-state index contributed by atoms with van der Waals surface area (Å²) in [6.45, 7) is 6.79. The molecule has 1 amide bonds. The van der Waals surface area contributed by atoms with Crippen molar-refractivity contribution in [3.63, 3.8) is 0 Å². The number of amides is 1. The van der Waals surface area contributed by atoms with Crippen LogP contribution < -0.4 is 9.47 Å². The summed E-state index contributed by atoms with van der Waals surface area (Å²) in [5.74, 6) is 0.0116. The average Bonchev–Trinajstić information content (AvgIpc) is 3.10. The fourth-order valence-corrected chi connectivity index (χ4v) is 5.12. The lowest BCUT2D eigenvalue weighted by Crippen LogP contribution is -2.43. The highest BCUT2D eigenvalue weighted by atomic mass is 32.2. The molecule has 0 bridgehead atoms. The van der Waals surface area contributed by atoms with Crippen LogP contribution in [-0.4, -0.2) is 69.1 Å². The fourth-order valence-electron chi connectivity index (χ4n) is 3.39. The molecular formula is C22H33NO7S. The Hall–Kier alpha value is -2.29. The van der Waals surface area contributed by atoms with Gasteiger partial charge in [-0.3, -0.25) is 4.79 Å². The zero-order valence-corrected chi connectivity index (χ0v) is 19.4. The van der Waals surface area contributed by atoms with E-state index in [1.54, 1.807) is 23.1 Å². The van der Waals surface area contributed by atoms with Gasteiger partial charge in [0, 0.05) is 12.6 Å². The first-order chi connectivity index (χ1) is 14.8. The van der Waals surface area contributed by atoms with Crippen molar-refractivity contribution in [3.8, 4) is 11.5 Å². The molecule has 1 heterocycles. The molecule has 1 aromatic rings. The van der Waals surface area contributed by atoms with Gasteiger partial charge in [0.25, 0.3) is 5.91 Å². The van der Waals surface area contributed by atoms with E-state index in [0.29, 0.717) is 37.7 Å². The number of carbonyl (C=O) groups is 2. The number of carbonyl (C=O) groups excluding carboxylic acids is 2. The quantitative estimate of drug-likeness (QED) is 0.447. The Morgan fingerprint density at radius 1 is 1.10 bits per heavy atom. The highest BCUT2D eigenvalue weighted by Gasteiger charge is 2.34. The van der Waals surface area contributed by atoms with Gasteiger partial charge in [-0.25, -0.2) is 13.2 Å². The van der Waals surface area contributed by atoms with Crippen LogP contribution in [0.2, 0.25) is 0 Å². The molecule has 9 heteroatoms. The molecule has 1 aromatic carbocycles. The van der Waals surface area contributed by atoms with Crippen molar-refractivity contribution < 1.29 is 32.2 Å². The molecule has 0 radical (unpaired) electrons. The maximum absolute atomic E-state index is 12.7. The molecule has 31 heavy (non-hydrogen) atoms. The van der Waals surface area contributed by atoms with Crippen molar-refractivity contribution in [1.29, 1.82) is 0 Å². The second-order valence-electron chi connectivity index (χ2n) is 7.52. The Labute approximate surface area is 184 Å². The smallest absolute Gasteiger partial charge is 0.338 e. The van der Waals surface area contributed by atoms with E-state index in [-0.39, 0.29) is 29.0 Å². The van der Waals surface area contributed by atoms with Crippen molar-refractivity contribution in [2.24, 2.45) is 0 Å². The molecule has 0 aromatic heterocycles. The van der Waals surface area contributed by atoms with Crippen molar-refractivity contribution in [2.45, 2.75) is 52.5 Å². The van der Waals surface area contributed by atoms with Crippen LogP contribution in [0.25, 0.3) is 0 Å². The van der Waals surface area contributed by atoms with Crippen LogP contribution in [0.1, 0.15) is 56.8 Å². The summed E-state index contributed by atoms with van der Waals surface area (Å²) in [6, 6.07) is 4.40. The zero-order valence-electron chi connectivity index (χ0n) is 18.6. The largest absolute Gasteiger partial charge is 0.490 e. The lowest BCUT2D eigenvalue weighted by Gasteiger charge is -2.28. The maximum atomic E-state index is 12.7. The lowest BCUT2D eigenvalue weighted by molar-refractivity contribution is -0.136. The Balaban J connectivity index is 2.03. The highest BCUT2D eigenvalue weighted by Crippen LogP contribution is 2.29. The zero-order chi connectivity index (χ0) is 22.9. The first-order valence-corrected chi connectivity index (χ1v) is 12.7. The van der Waals surface area contributed by atoms with Crippen LogP contribution in [0.15, 0.2) is 18.2 Å². The monoisotopic (exact) mass is 455 g/mol. The minimum Gasteiger partial charge on any atom is -0.490 e. The summed E-state index contributed by atoms with van der Waals surface area (Å²) in [6.07, 6.45) is 2.89. The van der Waals surface area contributed by atoms with Gasteiger partial charge in [0.15, 0.2) is 27.9 Å². The Morgan fingerprint density at radius 2 is 1.87 bits per heavy atom. The third-order valence-electron chi connectivity index (χ3n) is 4.99. The van der Waals surface area contributed by atoms with E-state index in [2.05, 4.69) is 0 Å². The topological polar surface area (TPSA) is 99.2 Å². The predicted molar refractivity (Wildman–Crippen MR) is 117 cm³/mol. The first kappa shape index (κ1) is 25.0. The van der Waals surface area contributed by atoms with Crippen LogP contribution in [0.5, 0.6) is 11.5 Å². The molecule has 174 valence electrons. The maximum Gasteiger partial charge on any atom is 0.338 e. The number of benzene rings is 1. The van der Waals surface area contributed by atoms with E-state index in [1.807, 2.05) is 20.8 Å². The van der Waals surface area contributed by atoms with E-state index in [4.69, 9.17) is 14.2 Å². The molecule has 8 nitrogen and oxygen atoms in total. The standard InChI is InChI=1S/C22H33NO7S/c1-4-7-11-23(18-10-13-31(26,27)16-18)21(24)15-30-22(25)17-8-9-19(29-12-5-2)20(14-17)28-6-3/h8-9,14,18H,4-7,10-13,15-16H2,1-3H3. The van der Waals surface area contributed by atoms with Crippen molar-refractivity contribution in [3.05, 3.63) is 23.8 Å². The van der Waals surface area contributed by atoms with Gasteiger partial charge in [-0.2, -0.15) is 0 Å². The number of rotatable bonds is 12. The van der Waals surface area contributed by atoms with E-state index in [0.717, 1.165) is 19.3 Å². The number of ether oxygens (including phenoxy) is 3. The summed E-state index contributed by atoms with van der Waals surface area (Å²) in [5.41, 5.74) is 0.253. The molecule has 1 atom stereocenters. The highest BCUT2D eigenvalue weighted by molar-refractivity contribution is 7.91. The Kier molecular flexibility index (Phi) is 9.61. The minimum absolute atomic E-state index is 0.0344. The van der Waals surface area contributed by atoms with Gasteiger partial charge < -0.3 is 19.1 Å². The van der Waals surface area contributed by atoms with Crippen molar-refractivity contribution in [1.82, 2.24) is 4.90 Å². The van der Waals surface area contributed by atoms with Gasteiger partial charge in [-0.15, -0.1) is 0 Å². The SMILES string of the molecule is CCCCN(C(=O)COC(=O)c1ccc(OCCC)c(OCC)c1)C1CCS(=O)(=O)C1. The first-order valence-electron chi connectivity index (χ1n) is 10.9. The van der Waals surface area contributed by atoms with Crippen LogP contribution in [0.3, 0.4) is 0 Å². The molecular weight excluding hydrogens is 422 g/mol. The number of hydrogen-bond acceptors (Lipinski definition) is 7. The molecule has 1 unspecified atom stereocenters. The summed E-state index contributed by atoms with van der Waals surface area (Å²) in [7, 11) is -3.12. The van der Waals surface area contributed by atoms with E-state index >= 15 is 0 Å². The van der Waals surface area contributed by atoms with Crippen LogP contribution >= 0.6 is 0 Å². The molecule has 0 N–H and O–H groups in total. The normalized spacial score (nSPS) is 17.2. The number of unbranched alkanes of at least 4 members (excludes halogenated alkanes) is 1. The number of esters is 1. The summed E-state index contributed by atoms with van der Waals surface area (Å²) in [4.78, 5) is 26.8. The van der Waals surface area contributed by atoms with E-state index in [9.17, 15) is 18.0 Å². The summed E-state index contributed by atoms with van der Waals surface area (Å²) < 4.78 is 40.1. The van der Waals surface area contributed by atoms with Gasteiger partial charge in [0.1, 0.15) is 0 Å². The predicted octanol–water partition coefficient (Wildman–Crippen LogP) is 2.85. The third-order valence-corrected chi connectivity index (χ3v) is 6.74. The molecule has 0 aliphatic carbocycles. The van der Waals surface area contributed by atoms with Crippen LogP contribution in [0, 0.1) is 0 Å². The number of nitrogens with zero attached hydrogens (tertiary/aromatic N) is 1. The Bertz CT molecular complexity index is 853. The molecule has 1 fully saturated rings. The molecule has 1 aliphatic rings. The minimum atomic E-state index is -3.12. The van der Waals surface area contributed by atoms with Gasteiger partial charge >= 0.3 is 5.97 Å². The second kappa shape index (κ2) is 11.9.